The number of nitrogens with two attached hydrogens (primary N) is 2. The molecule has 1 aromatic rings. The minimum atomic E-state index is -0.656. The van der Waals surface area contributed by atoms with Crippen LogP contribution in [-0.4, -0.2) is 23.3 Å². The Bertz CT molecular complexity index is 530. The molecule has 2 amide bonds. The fourth-order valence-corrected chi connectivity index (χ4v) is 1.64. The van der Waals surface area contributed by atoms with Gasteiger partial charge in [0.05, 0.1) is 4.92 Å². The summed E-state index contributed by atoms with van der Waals surface area (Å²) >= 11 is 0. The molecule has 0 unspecified atom stereocenters. The first kappa shape index (κ1) is 15.4. The minimum absolute atomic E-state index is 0.134. The van der Waals surface area contributed by atoms with E-state index in [1.165, 1.54) is 18.2 Å². The highest BCUT2D eigenvalue weighted by Crippen LogP contribution is 2.25. The summed E-state index contributed by atoms with van der Waals surface area (Å²) in [4.78, 5) is 31.9. The number of nitrogens with zero attached hydrogens (tertiary/aromatic N) is 1. The maximum atomic E-state index is 11.1. The molecule has 0 aliphatic carbocycles. The molecule has 8 heteroatoms. The maximum Gasteiger partial charge on any atom is 0.292 e. The van der Waals surface area contributed by atoms with Gasteiger partial charge in [0.15, 0.2) is 0 Å². The summed E-state index contributed by atoms with van der Waals surface area (Å²) in [5.41, 5.74) is 10.4. The van der Waals surface area contributed by atoms with Crippen LogP contribution in [0.25, 0.3) is 0 Å². The molecule has 0 saturated carbocycles. The summed E-state index contributed by atoms with van der Waals surface area (Å²) in [6.07, 6.45) is 1.48. The summed E-state index contributed by atoms with van der Waals surface area (Å²) in [6.45, 7) is 0.427. The van der Waals surface area contributed by atoms with Crippen LogP contribution in [0.4, 0.5) is 11.4 Å². The lowest BCUT2D eigenvalue weighted by Gasteiger charge is -2.08. The summed E-state index contributed by atoms with van der Waals surface area (Å²) in [7, 11) is 0. The van der Waals surface area contributed by atoms with Crippen molar-refractivity contribution in [2.75, 3.05) is 11.9 Å². The predicted octanol–water partition coefficient (Wildman–Crippen LogP) is 0.761. The number of carbonyl (C=O) groups excluding carboxylic acids is 2. The first-order valence-corrected chi connectivity index (χ1v) is 6.02. The number of rotatable bonds is 8. The normalized spacial score (nSPS) is 10.0. The number of anilines is 1. The summed E-state index contributed by atoms with van der Waals surface area (Å²) in [5, 5.41) is 13.7. The van der Waals surface area contributed by atoms with Crippen LogP contribution in [0.5, 0.6) is 0 Å². The van der Waals surface area contributed by atoms with Gasteiger partial charge in [-0.15, -0.1) is 0 Å². The Morgan fingerprint density at radius 2 is 1.95 bits per heavy atom. The Balaban J connectivity index is 2.70. The number of nitrogens with one attached hydrogen (secondary N) is 1. The topological polar surface area (TPSA) is 141 Å². The lowest BCUT2D eigenvalue weighted by Crippen LogP contribution is -2.13. The Labute approximate surface area is 115 Å². The smallest absolute Gasteiger partial charge is 0.292 e. The summed E-state index contributed by atoms with van der Waals surface area (Å²) in [5.74, 6) is -1.04. The number of hydrogen-bond donors (Lipinski definition) is 3. The van der Waals surface area contributed by atoms with Crippen molar-refractivity contribution in [3.05, 3.63) is 33.9 Å². The van der Waals surface area contributed by atoms with Crippen LogP contribution in [0.2, 0.25) is 0 Å². The second-order valence-corrected chi connectivity index (χ2v) is 4.20. The molecule has 108 valence electrons. The van der Waals surface area contributed by atoms with Crippen LogP contribution < -0.4 is 16.8 Å². The average Bonchev–Trinajstić information content (AvgIpc) is 2.37. The van der Waals surface area contributed by atoms with Gasteiger partial charge in [-0.3, -0.25) is 19.7 Å². The maximum absolute atomic E-state index is 11.1. The van der Waals surface area contributed by atoms with E-state index < -0.39 is 10.8 Å². The van der Waals surface area contributed by atoms with Gasteiger partial charge in [0.2, 0.25) is 11.8 Å². The molecule has 0 bridgehead atoms. The number of nitro groups is 1. The fourth-order valence-electron chi connectivity index (χ4n) is 1.64. The number of carbonyl (C=O) groups is 2. The molecule has 0 aliphatic heterocycles. The van der Waals surface area contributed by atoms with Crippen LogP contribution in [0.3, 0.4) is 0 Å². The van der Waals surface area contributed by atoms with E-state index >= 15 is 0 Å². The van der Waals surface area contributed by atoms with Crippen molar-refractivity contribution in [1.82, 2.24) is 0 Å². The van der Waals surface area contributed by atoms with E-state index in [1.807, 2.05) is 0 Å². The number of unbranched alkanes of at least 4 members (excludes halogenated alkanes) is 1. The van der Waals surface area contributed by atoms with Gasteiger partial charge in [-0.2, -0.15) is 0 Å². The highest BCUT2D eigenvalue weighted by atomic mass is 16.6. The second kappa shape index (κ2) is 7.07. The van der Waals surface area contributed by atoms with Crippen molar-refractivity contribution in [2.24, 2.45) is 11.5 Å². The first-order chi connectivity index (χ1) is 9.41. The highest BCUT2D eigenvalue weighted by Gasteiger charge is 2.15. The molecule has 0 saturated heterocycles. The predicted molar refractivity (Wildman–Crippen MR) is 73.1 cm³/mol. The molecule has 0 aliphatic rings. The molecule has 0 radical (unpaired) electrons. The number of amides is 2. The minimum Gasteiger partial charge on any atom is -0.379 e. The average molecular weight is 280 g/mol. The quantitative estimate of drug-likeness (QED) is 0.366. The molecule has 20 heavy (non-hydrogen) atoms. The Hall–Kier alpha value is -2.64. The molecule has 0 fully saturated rings. The molecular formula is C12H16N4O4. The third kappa shape index (κ3) is 4.56. The molecule has 0 spiro atoms. The Morgan fingerprint density at radius 3 is 2.50 bits per heavy atom. The lowest BCUT2D eigenvalue weighted by atomic mass is 10.1. The van der Waals surface area contributed by atoms with Gasteiger partial charge in [0.25, 0.3) is 5.69 Å². The number of nitro benzene ring substituents is 1. The van der Waals surface area contributed by atoms with Crippen LogP contribution in [0.1, 0.15) is 29.6 Å². The fraction of sp³-hybridized carbons (Fsp3) is 0.333. The number of hydrogen-bond acceptors (Lipinski definition) is 5. The van der Waals surface area contributed by atoms with Gasteiger partial charge in [-0.25, -0.2) is 0 Å². The van der Waals surface area contributed by atoms with E-state index in [9.17, 15) is 19.7 Å². The highest BCUT2D eigenvalue weighted by molar-refractivity contribution is 5.94. The van der Waals surface area contributed by atoms with Gasteiger partial charge < -0.3 is 16.8 Å². The molecule has 1 rings (SSSR count). The number of benzene rings is 1. The van der Waals surface area contributed by atoms with E-state index in [4.69, 9.17) is 11.5 Å². The van der Waals surface area contributed by atoms with E-state index in [-0.39, 0.29) is 29.3 Å². The number of primary amides is 2. The molecule has 5 N–H and O–H groups in total. The summed E-state index contributed by atoms with van der Waals surface area (Å²) < 4.78 is 0. The molecular weight excluding hydrogens is 264 g/mol. The van der Waals surface area contributed by atoms with E-state index in [1.54, 1.807) is 0 Å². The standard InChI is InChI=1S/C12H16N4O4/c13-11(17)3-1-2-6-15-9-7-8(12(14)18)4-5-10(9)16(19)20/h4-5,7,15H,1-3,6H2,(H2,13,17)(H2,14,18). The molecule has 8 nitrogen and oxygen atoms in total. The van der Waals surface area contributed by atoms with Gasteiger partial charge in [0, 0.05) is 24.6 Å². The van der Waals surface area contributed by atoms with Crippen LogP contribution >= 0.6 is 0 Å². The van der Waals surface area contributed by atoms with Crippen molar-refractivity contribution in [1.29, 1.82) is 0 Å². The van der Waals surface area contributed by atoms with Crippen LogP contribution in [-0.2, 0) is 4.79 Å². The molecule has 1 aromatic carbocycles. The zero-order valence-electron chi connectivity index (χ0n) is 10.8. The largest absolute Gasteiger partial charge is 0.379 e. The Kier molecular flexibility index (Phi) is 5.45. The van der Waals surface area contributed by atoms with Gasteiger partial charge in [-0.05, 0) is 25.0 Å². The van der Waals surface area contributed by atoms with Crippen molar-refractivity contribution >= 4 is 23.2 Å². The van der Waals surface area contributed by atoms with Crippen molar-refractivity contribution in [2.45, 2.75) is 19.3 Å². The lowest BCUT2D eigenvalue weighted by molar-refractivity contribution is -0.384. The van der Waals surface area contributed by atoms with Gasteiger partial charge in [-0.1, -0.05) is 0 Å². The van der Waals surface area contributed by atoms with Crippen molar-refractivity contribution < 1.29 is 14.5 Å². The molecule has 0 heterocycles. The zero-order valence-corrected chi connectivity index (χ0v) is 10.8. The third-order valence-electron chi connectivity index (χ3n) is 2.64. The third-order valence-corrected chi connectivity index (χ3v) is 2.64. The second-order valence-electron chi connectivity index (χ2n) is 4.20. The molecule has 0 atom stereocenters. The van der Waals surface area contributed by atoms with E-state index in [0.717, 1.165) is 0 Å². The SMILES string of the molecule is NC(=O)CCCCNc1cc(C(N)=O)ccc1[N+](=O)[O-]. The van der Waals surface area contributed by atoms with Crippen molar-refractivity contribution in [3.63, 3.8) is 0 Å². The first-order valence-electron chi connectivity index (χ1n) is 6.02. The summed E-state index contributed by atoms with van der Waals surface area (Å²) in [6, 6.07) is 3.87. The zero-order chi connectivity index (χ0) is 15.1. The van der Waals surface area contributed by atoms with E-state index in [0.29, 0.717) is 19.4 Å². The Morgan fingerprint density at radius 1 is 1.25 bits per heavy atom. The molecule has 0 aromatic heterocycles. The van der Waals surface area contributed by atoms with Crippen molar-refractivity contribution in [3.8, 4) is 0 Å². The van der Waals surface area contributed by atoms with Gasteiger partial charge in [0.1, 0.15) is 5.69 Å². The van der Waals surface area contributed by atoms with E-state index in [2.05, 4.69) is 5.32 Å². The monoisotopic (exact) mass is 280 g/mol. The van der Waals surface area contributed by atoms with Crippen LogP contribution in [0.15, 0.2) is 18.2 Å². The van der Waals surface area contributed by atoms with Gasteiger partial charge >= 0.3 is 0 Å². The van der Waals surface area contributed by atoms with Crippen LogP contribution in [0, 0.1) is 10.1 Å².